The summed E-state index contributed by atoms with van der Waals surface area (Å²) in [6, 6.07) is 80.5. The Morgan fingerprint density at radius 3 is 1.30 bits per heavy atom. The molecule has 288 valence electrons. The summed E-state index contributed by atoms with van der Waals surface area (Å²) in [5, 5.41) is 12.5. The molecule has 0 saturated heterocycles. The van der Waals surface area contributed by atoms with Crippen molar-refractivity contribution in [2.45, 2.75) is 19.3 Å². The number of rotatable bonds is 6. The molecule has 1 aliphatic carbocycles. The summed E-state index contributed by atoms with van der Waals surface area (Å²) in [7, 11) is 0. The first-order valence-corrected chi connectivity index (χ1v) is 21.3. The van der Waals surface area contributed by atoms with Crippen LogP contribution in [0.15, 0.2) is 218 Å². The fraction of sp³-hybridized carbons (Fsp3) is 0.0508. The highest BCUT2D eigenvalue weighted by Gasteiger charge is 2.39. The van der Waals surface area contributed by atoms with Gasteiger partial charge < -0.3 is 9.80 Å². The van der Waals surface area contributed by atoms with Crippen LogP contribution in [0.3, 0.4) is 0 Å². The van der Waals surface area contributed by atoms with Crippen molar-refractivity contribution in [2.75, 3.05) is 9.80 Å². The van der Waals surface area contributed by atoms with Crippen molar-refractivity contribution >= 4 is 88.0 Å². The van der Waals surface area contributed by atoms with Crippen LogP contribution in [0.2, 0.25) is 0 Å². The van der Waals surface area contributed by atoms with Crippen LogP contribution >= 0.6 is 0 Å². The first-order valence-electron chi connectivity index (χ1n) is 21.3. The lowest BCUT2D eigenvalue weighted by Crippen LogP contribution is -2.17. The van der Waals surface area contributed by atoms with Gasteiger partial charge in [-0.15, -0.1) is 0 Å². The van der Waals surface area contributed by atoms with Gasteiger partial charge in [-0.25, -0.2) is 0 Å². The number of nitrogens with zero attached hydrogens (tertiary/aromatic N) is 2. The Balaban J connectivity index is 1.05. The van der Waals surface area contributed by atoms with E-state index in [1.807, 2.05) is 0 Å². The highest BCUT2D eigenvalue weighted by molar-refractivity contribution is 6.19. The first-order chi connectivity index (χ1) is 30.0. The van der Waals surface area contributed by atoms with Gasteiger partial charge in [-0.3, -0.25) is 0 Å². The molecule has 1 aliphatic rings. The number of hydrogen-bond donors (Lipinski definition) is 0. The van der Waals surface area contributed by atoms with Gasteiger partial charge in [0.2, 0.25) is 0 Å². The number of fused-ring (bicyclic) bond motifs is 11. The predicted molar refractivity (Wildman–Crippen MR) is 261 cm³/mol. The number of para-hydroxylation sites is 1. The number of benzene rings is 11. The molecule has 0 heterocycles. The second-order valence-electron chi connectivity index (χ2n) is 17.0. The molecule has 2 nitrogen and oxygen atoms in total. The number of anilines is 6. The van der Waals surface area contributed by atoms with Gasteiger partial charge in [-0.05, 0) is 149 Å². The van der Waals surface area contributed by atoms with Crippen LogP contribution in [-0.4, -0.2) is 0 Å². The quantitative estimate of drug-likeness (QED) is 0.155. The topological polar surface area (TPSA) is 6.48 Å². The third-order valence-corrected chi connectivity index (χ3v) is 13.1. The van der Waals surface area contributed by atoms with Crippen LogP contribution in [0.1, 0.15) is 25.0 Å². The van der Waals surface area contributed by atoms with Gasteiger partial charge in [0.1, 0.15) is 0 Å². The summed E-state index contributed by atoms with van der Waals surface area (Å²) in [6.45, 7) is 4.84. The van der Waals surface area contributed by atoms with Crippen molar-refractivity contribution in [1.29, 1.82) is 0 Å². The van der Waals surface area contributed by atoms with E-state index >= 15 is 0 Å². The van der Waals surface area contributed by atoms with E-state index in [4.69, 9.17) is 0 Å². The van der Waals surface area contributed by atoms with Crippen LogP contribution in [0.4, 0.5) is 34.1 Å². The van der Waals surface area contributed by atoms with Gasteiger partial charge in [-0.1, -0.05) is 159 Å². The molecule has 0 N–H and O–H groups in total. The van der Waals surface area contributed by atoms with Gasteiger partial charge in [0.15, 0.2) is 0 Å². The van der Waals surface area contributed by atoms with Crippen LogP contribution < -0.4 is 9.80 Å². The minimum atomic E-state index is -0.277. The van der Waals surface area contributed by atoms with Crippen molar-refractivity contribution in [3.63, 3.8) is 0 Å². The molecule has 0 fully saturated rings. The van der Waals surface area contributed by atoms with E-state index in [1.54, 1.807) is 0 Å². The molecule has 0 amide bonds. The minimum absolute atomic E-state index is 0.277. The van der Waals surface area contributed by atoms with Gasteiger partial charge in [0.05, 0.1) is 0 Å². The zero-order valence-electron chi connectivity index (χ0n) is 34.2. The zero-order valence-corrected chi connectivity index (χ0v) is 34.2. The van der Waals surface area contributed by atoms with Gasteiger partial charge in [0.25, 0.3) is 0 Å². The van der Waals surface area contributed by atoms with Crippen molar-refractivity contribution in [2.24, 2.45) is 0 Å². The summed E-state index contributed by atoms with van der Waals surface area (Å²) in [6.07, 6.45) is 0. The average molecular weight is 779 g/mol. The summed E-state index contributed by atoms with van der Waals surface area (Å²) in [4.78, 5) is 4.83. The predicted octanol–water partition coefficient (Wildman–Crippen LogP) is 16.7. The van der Waals surface area contributed by atoms with Crippen LogP contribution in [0, 0.1) is 0 Å². The molecule has 0 unspecified atom stereocenters. The molecule has 0 aromatic heterocycles. The number of hydrogen-bond acceptors (Lipinski definition) is 2. The molecular formula is C59H42N2. The molecule has 0 spiro atoms. The summed E-state index contributed by atoms with van der Waals surface area (Å²) in [5.41, 5.74) is 11.9. The van der Waals surface area contributed by atoms with E-state index in [-0.39, 0.29) is 5.41 Å². The lowest BCUT2D eigenvalue weighted by molar-refractivity contribution is 0.666. The molecule has 11 aromatic carbocycles. The van der Waals surface area contributed by atoms with Crippen molar-refractivity contribution in [3.05, 3.63) is 230 Å². The largest absolute Gasteiger partial charge is 0.310 e. The molecular weight excluding hydrogens is 737 g/mol. The molecule has 61 heavy (non-hydrogen) atoms. The van der Waals surface area contributed by atoms with Gasteiger partial charge in [0, 0.05) is 39.5 Å². The SMILES string of the molecule is CC1(C)c2cc(N(c3ccc4ccccc4c3)c3ccc4ccccc4c3)ccc2-c2c1c1ccc(N(c3ccccc3)c3ccc4ccccc4c3)cc1c1ccccc21. The van der Waals surface area contributed by atoms with Crippen molar-refractivity contribution in [3.8, 4) is 11.1 Å². The second kappa shape index (κ2) is 13.7. The lowest BCUT2D eigenvalue weighted by Gasteiger charge is -2.29. The standard InChI is InChI=1S/C59H42N2/c1-59(2)56-38-50(61(47-28-25-40-15-7-10-18-43(40)35-47)48-29-26-41-16-8-11-19-44(41)36-48)31-33-54(56)57-52-23-13-12-22-51(52)55-37-49(30-32-53(55)58(57)59)60(45-20-4-3-5-21-45)46-27-24-39-14-6-9-17-42(39)34-46/h3-38H,1-2H3. The first kappa shape index (κ1) is 35.3. The molecule has 0 bridgehead atoms. The fourth-order valence-electron chi connectivity index (χ4n) is 10.2. The molecule has 0 atom stereocenters. The van der Waals surface area contributed by atoms with Crippen LogP contribution in [0.25, 0.3) is 65.0 Å². The molecule has 11 aromatic rings. The Kier molecular flexibility index (Phi) is 7.92. The van der Waals surface area contributed by atoms with E-state index in [9.17, 15) is 0 Å². The Bertz CT molecular complexity index is 3450. The van der Waals surface area contributed by atoms with Crippen LogP contribution in [-0.2, 0) is 5.41 Å². The Labute approximate surface area is 356 Å². The summed E-state index contributed by atoms with van der Waals surface area (Å²) < 4.78 is 0. The van der Waals surface area contributed by atoms with E-state index in [0.717, 1.165) is 34.1 Å². The molecule has 0 radical (unpaired) electrons. The van der Waals surface area contributed by atoms with Crippen molar-refractivity contribution in [1.82, 2.24) is 0 Å². The highest BCUT2D eigenvalue weighted by atomic mass is 15.1. The molecule has 12 rings (SSSR count). The summed E-state index contributed by atoms with van der Waals surface area (Å²) in [5.74, 6) is 0. The van der Waals surface area contributed by atoms with E-state index in [0.29, 0.717) is 0 Å². The van der Waals surface area contributed by atoms with Gasteiger partial charge >= 0.3 is 0 Å². The third kappa shape index (κ3) is 5.64. The van der Waals surface area contributed by atoms with E-state index in [1.165, 1.54) is 76.1 Å². The lowest BCUT2D eigenvalue weighted by atomic mass is 9.79. The fourth-order valence-corrected chi connectivity index (χ4v) is 10.2. The average Bonchev–Trinajstić information content (AvgIpc) is 3.55. The zero-order chi connectivity index (χ0) is 40.7. The van der Waals surface area contributed by atoms with Crippen LogP contribution in [0.5, 0.6) is 0 Å². The molecule has 0 aliphatic heterocycles. The Morgan fingerprint density at radius 1 is 0.295 bits per heavy atom. The highest BCUT2D eigenvalue weighted by Crippen LogP contribution is 2.56. The van der Waals surface area contributed by atoms with E-state index < -0.39 is 0 Å². The minimum Gasteiger partial charge on any atom is -0.310 e. The maximum absolute atomic E-state index is 2.46. The smallest absolute Gasteiger partial charge is 0.0468 e. The Morgan fingerprint density at radius 2 is 0.721 bits per heavy atom. The maximum atomic E-state index is 2.46. The molecule has 0 saturated carbocycles. The summed E-state index contributed by atoms with van der Waals surface area (Å²) >= 11 is 0. The second-order valence-corrected chi connectivity index (χ2v) is 17.0. The maximum Gasteiger partial charge on any atom is 0.0468 e. The molecule has 2 heteroatoms. The third-order valence-electron chi connectivity index (χ3n) is 13.1. The van der Waals surface area contributed by atoms with Gasteiger partial charge in [-0.2, -0.15) is 0 Å². The van der Waals surface area contributed by atoms with Crippen molar-refractivity contribution < 1.29 is 0 Å². The Hall–Kier alpha value is -7.68. The monoisotopic (exact) mass is 778 g/mol. The normalized spacial score (nSPS) is 12.9. The van der Waals surface area contributed by atoms with E-state index in [2.05, 4.69) is 242 Å².